The first kappa shape index (κ1) is 14.8. The van der Waals surface area contributed by atoms with E-state index in [1.807, 2.05) is 12.1 Å². The monoisotopic (exact) mass is 295 g/mol. The van der Waals surface area contributed by atoms with Crippen LogP contribution in [0.15, 0.2) is 65.8 Å². The number of nitrogens with two attached hydrogens (primary N) is 1. The van der Waals surface area contributed by atoms with Crippen LogP contribution in [0.4, 0.5) is 0 Å². The minimum absolute atomic E-state index is 0.285. The number of benzene rings is 2. The Bertz CT molecular complexity index is 624. The van der Waals surface area contributed by atoms with Crippen LogP contribution >= 0.6 is 0 Å². The Labute approximate surface area is 131 Å². The van der Waals surface area contributed by atoms with Crippen LogP contribution in [-0.4, -0.2) is 10.9 Å². The molecule has 1 heterocycles. The molecule has 1 fully saturated rings. The summed E-state index contributed by atoms with van der Waals surface area (Å²) in [4.78, 5) is 0. The van der Waals surface area contributed by atoms with Gasteiger partial charge in [-0.05, 0) is 6.42 Å². The second-order valence-electron chi connectivity index (χ2n) is 5.96. The molecule has 22 heavy (non-hydrogen) atoms. The van der Waals surface area contributed by atoms with Gasteiger partial charge >= 0.3 is 0 Å². The minimum atomic E-state index is 0.285. The summed E-state index contributed by atoms with van der Waals surface area (Å²) in [6.07, 6.45) is 1.79. The van der Waals surface area contributed by atoms with Crippen molar-refractivity contribution in [3.05, 3.63) is 71.8 Å². The predicted molar refractivity (Wildman–Crippen MR) is 87.9 cm³/mol. The highest BCUT2D eigenvalue weighted by Gasteiger charge is 2.39. The average Bonchev–Trinajstić information content (AvgIpc) is 2.62. The third-order valence-corrected chi connectivity index (χ3v) is 4.71. The zero-order chi connectivity index (χ0) is 15.4. The molecule has 0 unspecified atom stereocenters. The predicted octanol–water partition coefficient (Wildman–Crippen LogP) is 3.29. The molecule has 3 N–H and O–H groups in total. The van der Waals surface area contributed by atoms with Gasteiger partial charge in [0.2, 0.25) is 0 Å². The van der Waals surface area contributed by atoms with Crippen molar-refractivity contribution in [3.63, 3.8) is 0 Å². The Hall–Kier alpha value is -2.13. The van der Waals surface area contributed by atoms with E-state index < -0.39 is 0 Å². The molecule has 3 atom stereocenters. The van der Waals surface area contributed by atoms with Gasteiger partial charge in [0.15, 0.2) is 0 Å². The van der Waals surface area contributed by atoms with Gasteiger partial charge in [-0.3, -0.25) is 0 Å². The summed E-state index contributed by atoms with van der Waals surface area (Å²) in [5.74, 6) is 0.285. The highest BCUT2D eigenvalue weighted by atomic mass is 16.4. The molecule has 114 valence electrons. The SMILES string of the molecule is CC[C@H]1/C(=N/O)C[C@@H](c2ccccc2)[NH2+][C@H]1c1ccccc1. The van der Waals surface area contributed by atoms with Crippen LogP contribution in [0.1, 0.15) is 43.0 Å². The van der Waals surface area contributed by atoms with E-state index in [1.54, 1.807) is 0 Å². The number of rotatable bonds is 3. The van der Waals surface area contributed by atoms with Crippen molar-refractivity contribution in [1.82, 2.24) is 0 Å². The molecule has 0 aliphatic carbocycles. The van der Waals surface area contributed by atoms with Crippen molar-refractivity contribution in [2.75, 3.05) is 0 Å². The Balaban J connectivity index is 1.95. The molecule has 1 aliphatic heterocycles. The first-order chi connectivity index (χ1) is 10.8. The second kappa shape index (κ2) is 6.75. The van der Waals surface area contributed by atoms with Crippen LogP contribution < -0.4 is 5.32 Å². The molecule has 2 aromatic carbocycles. The highest BCUT2D eigenvalue weighted by Crippen LogP contribution is 2.31. The summed E-state index contributed by atoms with van der Waals surface area (Å²) in [6.45, 7) is 2.17. The van der Waals surface area contributed by atoms with E-state index in [0.29, 0.717) is 12.1 Å². The number of nitrogens with zero attached hydrogens (tertiary/aromatic N) is 1. The van der Waals surface area contributed by atoms with Crippen molar-refractivity contribution in [3.8, 4) is 0 Å². The van der Waals surface area contributed by atoms with Gasteiger partial charge in [-0.25, -0.2) is 0 Å². The first-order valence-corrected chi connectivity index (χ1v) is 7.99. The number of hydrogen-bond acceptors (Lipinski definition) is 2. The highest BCUT2D eigenvalue weighted by molar-refractivity contribution is 5.87. The standard InChI is InChI=1S/C19H22N2O/c1-2-16-18(21-22)13-17(14-9-5-3-6-10-14)20-19(16)15-11-7-4-8-12-15/h3-12,16-17,19-20,22H,2,13H2,1H3/p+1/b21-18+/t16-,17-,19-/m0/s1. The van der Waals surface area contributed by atoms with Gasteiger partial charge in [-0.2, -0.15) is 0 Å². The van der Waals surface area contributed by atoms with Crippen molar-refractivity contribution < 1.29 is 10.5 Å². The zero-order valence-corrected chi connectivity index (χ0v) is 12.9. The Morgan fingerprint density at radius 2 is 1.59 bits per heavy atom. The van der Waals surface area contributed by atoms with Crippen LogP contribution in [0.5, 0.6) is 0 Å². The summed E-state index contributed by atoms with van der Waals surface area (Å²) in [5, 5.41) is 15.6. The maximum absolute atomic E-state index is 9.50. The maximum atomic E-state index is 9.50. The first-order valence-electron chi connectivity index (χ1n) is 7.99. The van der Waals surface area contributed by atoms with Crippen LogP contribution in [-0.2, 0) is 0 Å². The molecule has 3 heteroatoms. The molecular formula is C19H23N2O+. The van der Waals surface area contributed by atoms with Crippen molar-refractivity contribution in [2.24, 2.45) is 11.1 Å². The van der Waals surface area contributed by atoms with E-state index in [2.05, 4.69) is 65.9 Å². The fourth-order valence-corrected chi connectivity index (χ4v) is 3.59. The molecule has 0 saturated carbocycles. The van der Waals surface area contributed by atoms with Crippen molar-refractivity contribution in [1.29, 1.82) is 0 Å². The van der Waals surface area contributed by atoms with Crippen LogP contribution in [0.3, 0.4) is 0 Å². The van der Waals surface area contributed by atoms with Gasteiger partial charge in [0.25, 0.3) is 0 Å². The lowest BCUT2D eigenvalue weighted by Crippen LogP contribution is -2.90. The smallest absolute Gasteiger partial charge is 0.120 e. The van der Waals surface area contributed by atoms with E-state index in [9.17, 15) is 5.21 Å². The molecule has 1 aliphatic rings. The molecule has 0 aromatic heterocycles. The van der Waals surface area contributed by atoms with Gasteiger partial charge < -0.3 is 10.5 Å². The van der Waals surface area contributed by atoms with E-state index in [0.717, 1.165) is 18.6 Å². The lowest BCUT2D eigenvalue weighted by molar-refractivity contribution is -0.742. The quantitative estimate of drug-likeness (QED) is 0.662. The third-order valence-electron chi connectivity index (χ3n) is 4.71. The molecule has 0 radical (unpaired) electrons. The normalized spacial score (nSPS) is 27.0. The average molecular weight is 295 g/mol. The van der Waals surface area contributed by atoms with Crippen molar-refractivity contribution >= 4 is 5.71 Å². The summed E-state index contributed by atoms with van der Waals surface area (Å²) in [5.41, 5.74) is 3.52. The van der Waals surface area contributed by atoms with Crippen molar-refractivity contribution in [2.45, 2.75) is 31.8 Å². The molecule has 0 spiro atoms. The largest absolute Gasteiger partial charge is 0.411 e. The number of oxime groups is 1. The summed E-state index contributed by atoms with van der Waals surface area (Å²) in [6, 6.07) is 21.7. The van der Waals surface area contributed by atoms with Gasteiger partial charge in [-0.15, -0.1) is 0 Å². The molecule has 3 rings (SSSR count). The Morgan fingerprint density at radius 1 is 1.00 bits per heavy atom. The van der Waals surface area contributed by atoms with E-state index >= 15 is 0 Å². The van der Waals surface area contributed by atoms with E-state index in [4.69, 9.17) is 0 Å². The fraction of sp³-hybridized carbons (Fsp3) is 0.316. The third kappa shape index (κ3) is 2.90. The van der Waals surface area contributed by atoms with Gasteiger partial charge in [-0.1, -0.05) is 72.7 Å². The Kier molecular flexibility index (Phi) is 4.54. The second-order valence-corrected chi connectivity index (χ2v) is 5.96. The van der Waals surface area contributed by atoms with Crippen LogP contribution in [0, 0.1) is 5.92 Å². The lowest BCUT2D eigenvalue weighted by atomic mass is 9.79. The maximum Gasteiger partial charge on any atom is 0.120 e. The zero-order valence-electron chi connectivity index (χ0n) is 12.9. The number of piperidine rings is 1. The summed E-state index contributed by atoms with van der Waals surface area (Å²) in [7, 11) is 0. The van der Waals surface area contributed by atoms with Gasteiger partial charge in [0.1, 0.15) is 12.1 Å². The van der Waals surface area contributed by atoms with Crippen LogP contribution in [0.2, 0.25) is 0 Å². The molecule has 3 nitrogen and oxygen atoms in total. The van der Waals surface area contributed by atoms with Crippen LogP contribution in [0.25, 0.3) is 0 Å². The van der Waals surface area contributed by atoms with E-state index in [1.165, 1.54) is 11.1 Å². The molecular weight excluding hydrogens is 272 g/mol. The topological polar surface area (TPSA) is 49.2 Å². The fourth-order valence-electron chi connectivity index (χ4n) is 3.59. The lowest BCUT2D eigenvalue weighted by Gasteiger charge is -2.35. The van der Waals surface area contributed by atoms with E-state index in [-0.39, 0.29) is 5.92 Å². The molecule has 0 amide bonds. The summed E-state index contributed by atoms with van der Waals surface area (Å²) < 4.78 is 0. The molecule has 1 saturated heterocycles. The molecule has 2 aromatic rings. The Morgan fingerprint density at radius 3 is 2.14 bits per heavy atom. The molecule has 0 bridgehead atoms. The number of quaternary nitrogens is 1. The van der Waals surface area contributed by atoms with Gasteiger partial charge in [0, 0.05) is 17.5 Å². The summed E-state index contributed by atoms with van der Waals surface area (Å²) >= 11 is 0. The van der Waals surface area contributed by atoms with Gasteiger partial charge in [0.05, 0.1) is 11.6 Å². The minimum Gasteiger partial charge on any atom is -0.411 e. The number of hydrogen-bond donors (Lipinski definition) is 2.